The van der Waals surface area contributed by atoms with Gasteiger partial charge in [0.05, 0.1) is 18.8 Å². The summed E-state index contributed by atoms with van der Waals surface area (Å²) in [5.41, 5.74) is 0.563. The molecule has 2 aliphatic carbocycles. The quantitative estimate of drug-likeness (QED) is 0.796. The SMILES string of the molecule is COc1ccc2c(c1)[C@]13CCN(C#N)[C@H](C2)[C@@]1(O)CCC(=O)C3. The Kier molecular flexibility index (Phi) is 2.98. The Morgan fingerprint density at radius 2 is 2.26 bits per heavy atom. The Morgan fingerprint density at radius 1 is 1.43 bits per heavy atom. The van der Waals surface area contributed by atoms with Gasteiger partial charge in [-0.2, -0.15) is 5.26 Å². The van der Waals surface area contributed by atoms with Gasteiger partial charge in [0.1, 0.15) is 11.5 Å². The molecule has 2 fully saturated rings. The van der Waals surface area contributed by atoms with Crippen LogP contribution in [0.5, 0.6) is 5.75 Å². The molecule has 0 amide bonds. The Morgan fingerprint density at radius 3 is 3.00 bits per heavy atom. The Hall–Kier alpha value is -2.06. The summed E-state index contributed by atoms with van der Waals surface area (Å²) in [5.74, 6) is 0.953. The van der Waals surface area contributed by atoms with Crippen LogP contribution >= 0.6 is 0 Å². The number of nitriles is 1. The van der Waals surface area contributed by atoms with Gasteiger partial charge in [0.25, 0.3) is 0 Å². The van der Waals surface area contributed by atoms with E-state index in [9.17, 15) is 15.2 Å². The van der Waals surface area contributed by atoms with Gasteiger partial charge >= 0.3 is 0 Å². The van der Waals surface area contributed by atoms with E-state index in [1.54, 1.807) is 12.0 Å². The van der Waals surface area contributed by atoms with E-state index in [-0.39, 0.29) is 11.8 Å². The molecule has 1 saturated heterocycles. The molecular formula is C18H20N2O3. The average molecular weight is 312 g/mol. The lowest BCUT2D eigenvalue weighted by Crippen LogP contribution is -2.72. The van der Waals surface area contributed by atoms with E-state index in [4.69, 9.17) is 4.74 Å². The molecule has 1 aromatic carbocycles. The third-order valence-corrected chi connectivity index (χ3v) is 6.19. The first kappa shape index (κ1) is 14.5. The van der Waals surface area contributed by atoms with Crippen molar-refractivity contribution in [2.24, 2.45) is 0 Å². The topological polar surface area (TPSA) is 73.6 Å². The number of hydrogen-bond donors (Lipinski definition) is 1. The maximum Gasteiger partial charge on any atom is 0.179 e. The number of aliphatic hydroxyl groups is 1. The van der Waals surface area contributed by atoms with Crippen LogP contribution in [0.3, 0.4) is 0 Å². The monoisotopic (exact) mass is 312 g/mol. The van der Waals surface area contributed by atoms with E-state index in [2.05, 4.69) is 6.19 Å². The van der Waals surface area contributed by atoms with Crippen molar-refractivity contribution in [2.45, 2.75) is 49.2 Å². The molecule has 120 valence electrons. The van der Waals surface area contributed by atoms with E-state index in [0.29, 0.717) is 38.6 Å². The summed E-state index contributed by atoms with van der Waals surface area (Å²) >= 11 is 0. The molecule has 1 aromatic rings. The van der Waals surface area contributed by atoms with Crippen LogP contribution in [0, 0.1) is 11.5 Å². The van der Waals surface area contributed by atoms with E-state index in [1.165, 1.54) is 0 Å². The van der Waals surface area contributed by atoms with Gasteiger partial charge in [-0.1, -0.05) is 6.07 Å². The highest BCUT2D eigenvalue weighted by molar-refractivity contribution is 5.82. The van der Waals surface area contributed by atoms with Crippen LogP contribution in [0.15, 0.2) is 18.2 Å². The largest absolute Gasteiger partial charge is 0.497 e. The zero-order valence-corrected chi connectivity index (χ0v) is 13.2. The number of methoxy groups -OCH3 is 1. The van der Waals surface area contributed by atoms with Crippen LogP contribution in [0.4, 0.5) is 0 Å². The summed E-state index contributed by atoms with van der Waals surface area (Å²) in [7, 11) is 1.63. The fourth-order valence-corrected chi connectivity index (χ4v) is 5.04. The molecule has 3 aliphatic rings. The van der Waals surface area contributed by atoms with E-state index in [1.807, 2.05) is 18.2 Å². The summed E-state index contributed by atoms with van der Waals surface area (Å²) in [6.07, 6.45) is 4.70. The fraction of sp³-hybridized carbons (Fsp3) is 0.556. The zero-order chi connectivity index (χ0) is 16.2. The van der Waals surface area contributed by atoms with Crippen molar-refractivity contribution in [2.75, 3.05) is 13.7 Å². The zero-order valence-electron chi connectivity index (χ0n) is 13.2. The highest BCUT2D eigenvalue weighted by atomic mass is 16.5. The molecule has 0 radical (unpaired) electrons. The Bertz CT molecular complexity index is 725. The van der Waals surface area contributed by atoms with Gasteiger partial charge in [0, 0.05) is 24.8 Å². The minimum atomic E-state index is -1.02. The van der Waals surface area contributed by atoms with Crippen molar-refractivity contribution in [3.63, 3.8) is 0 Å². The second-order valence-electron chi connectivity index (χ2n) is 7.01. The summed E-state index contributed by atoms with van der Waals surface area (Å²) in [4.78, 5) is 14.0. The highest BCUT2D eigenvalue weighted by Gasteiger charge is 2.64. The van der Waals surface area contributed by atoms with Gasteiger partial charge < -0.3 is 14.7 Å². The number of nitrogens with zero attached hydrogens (tertiary/aromatic N) is 2. The van der Waals surface area contributed by atoms with Crippen molar-refractivity contribution in [1.29, 1.82) is 5.26 Å². The predicted molar refractivity (Wildman–Crippen MR) is 82.9 cm³/mol. The number of benzene rings is 1. The predicted octanol–water partition coefficient (Wildman–Crippen LogP) is 1.53. The Balaban J connectivity index is 1.95. The number of carbonyl (C=O) groups excluding carboxylic acids is 1. The van der Waals surface area contributed by atoms with Gasteiger partial charge in [0.2, 0.25) is 0 Å². The maximum atomic E-state index is 12.2. The first-order chi connectivity index (χ1) is 11.0. The number of carbonyl (C=O) groups is 1. The highest BCUT2D eigenvalue weighted by Crippen LogP contribution is 2.57. The smallest absolute Gasteiger partial charge is 0.179 e. The van der Waals surface area contributed by atoms with Crippen molar-refractivity contribution in [1.82, 2.24) is 4.90 Å². The van der Waals surface area contributed by atoms with E-state index < -0.39 is 11.0 Å². The first-order valence-corrected chi connectivity index (χ1v) is 8.12. The molecule has 0 spiro atoms. The lowest BCUT2D eigenvalue weighted by Gasteiger charge is -2.62. The molecule has 3 atom stereocenters. The van der Waals surface area contributed by atoms with Crippen molar-refractivity contribution in [3.8, 4) is 11.9 Å². The van der Waals surface area contributed by atoms with Crippen LogP contribution in [0.2, 0.25) is 0 Å². The minimum Gasteiger partial charge on any atom is -0.497 e. The van der Waals surface area contributed by atoms with Crippen LogP contribution in [0.25, 0.3) is 0 Å². The summed E-state index contributed by atoms with van der Waals surface area (Å²) < 4.78 is 5.37. The molecule has 5 heteroatoms. The summed E-state index contributed by atoms with van der Waals surface area (Å²) in [6, 6.07) is 5.67. The first-order valence-electron chi connectivity index (χ1n) is 8.12. The van der Waals surface area contributed by atoms with Gasteiger partial charge in [0.15, 0.2) is 6.19 Å². The number of hydrogen-bond acceptors (Lipinski definition) is 5. The van der Waals surface area contributed by atoms with Crippen molar-refractivity contribution < 1.29 is 14.6 Å². The minimum absolute atomic E-state index is 0.203. The number of rotatable bonds is 1. The summed E-state index contributed by atoms with van der Waals surface area (Å²) in [5, 5.41) is 21.1. The van der Waals surface area contributed by atoms with Crippen LogP contribution in [-0.4, -0.2) is 41.1 Å². The van der Waals surface area contributed by atoms with E-state index >= 15 is 0 Å². The van der Waals surface area contributed by atoms with Crippen LogP contribution < -0.4 is 4.74 Å². The van der Waals surface area contributed by atoms with Gasteiger partial charge in [-0.25, -0.2) is 0 Å². The number of likely N-dealkylation sites (tertiary alicyclic amines) is 1. The van der Waals surface area contributed by atoms with Gasteiger partial charge in [-0.3, -0.25) is 4.79 Å². The molecule has 1 saturated carbocycles. The molecule has 4 rings (SSSR count). The number of piperidine rings is 1. The molecule has 23 heavy (non-hydrogen) atoms. The molecule has 5 nitrogen and oxygen atoms in total. The maximum absolute atomic E-state index is 12.2. The number of ether oxygens (including phenoxy) is 1. The van der Waals surface area contributed by atoms with Gasteiger partial charge in [-0.05, 0) is 42.5 Å². The third-order valence-electron chi connectivity index (χ3n) is 6.19. The fourth-order valence-electron chi connectivity index (χ4n) is 5.04. The lowest BCUT2D eigenvalue weighted by molar-refractivity contribution is -0.164. The Labute approximate surface area is 135 Å². The number of Topliss-reactive ketones (excluding diaryl/α,β-unsaturated/α-hetero) is 1. The molecule has 2 bridgehead atoms. The normalized spacial score (nSPS) is 35.1. The van der Waals surface area contributed by atoms with Gasteiger partial charge in [-0.15, -0.1) is 0 Å². The van der Waals surface area contributed by atoms with Crippen LogP contribution in [-0.2, 0) is 16.6 Å². The molecule has 0 aromatic heterocycles. The molecule has 1 heterocycles. The van der Waals surface area contributed by atoms with Crippen molar-refractivity contribution >= 4 is 5.78 Å². The third kappa shape index (κ3) is 1.73. The lowest BCUT2D eigenvalue weighted by atomic mass is 9.49. The van der Waals surface area contributed by atoms with E-state index in [0.717, 1.165) is 16.9 Å². The standard InChI is InChI=1S/C18H20N2O3/c1-23-14-3-2-12-8-16-18(22)5-4-13(21)10-17(18,15(12)9-14)6-7-20(16)11-19/h2-3,9,16,22H,4-8,10H2,1H3/t16-,17-,18+/m1/s1. The molecule has 0 unspecified atom stereocenters. The number of ketones is 1. The summed E-state index contributed by atoms with van der Waals surface area (Å²) in [6.45, 7) is 0.591. The second-order valence-corrected chi connectivity index (χ2v) is 7.01. The number of fused-ring (bicyclic) bond motifs is 1. The molecule has 1 N–H and O–H groups in total. The average Bonchev–Trinajstić information content (AvgIpc) is 2.55. The molecular weight excluding hydrogens is 292 g/mol. The van der Waals surface area contributed by atoms with Crippen molar-refractivity contribution in [3.05, 3.63) is 29.3 Å². The molecule has 1 aliphatic heterocycles. The second kappa shape index (κ2) is 4.72. The van der Waals surface area contributed by atoms with Crippen LogP contribution in [0.1, 0.15) is 36.8 Å².